The van der Waals surface area contributed by atoms with Gasteiger partial charge in [-0.15, -0.1) is 0 Å². The third kappa shape index (κ3) is 3.96. The summed E-state index contributed by atoms with van der Waals surface area (Å²) in [7, 11) is -3.13. The van der Waals surface area contributed by atoms with Crippen LogP contribution in [-0.4, -0.2) is 14.7 Å². The Morgan fingerprint density at radius 3 is 2.05 bits per heavy atom. The number of anilines is 1. The van der Waals surface area contributed by atoms with Crippen LogP contribution >= 0.6 is 22.6 Å². The fourth-order valence-corrected chi connectivity index (χ4v) is 2.87. The minimum absolute atomic E-state index is 0.115. The molecule has 0 bridgehead atoms. The second kappa shape index (κ2) is 6.13. The molecule has 0 saturated heterocycles. The molecular weight excluding hydrogens is 385 g/mol. The molecule has 0 spiro atoms. The Hall–Kier alpha value is -1.08. The summed E-state index contributed by atoms with van der Waals surface area (Å²) >= 11 is 2.27. The van der Waals surface area contributed by atoms with E-state index in [1.54, 1.807) is 12.1 Å². The Balaban J connectivity index is 2.13. The van der Waals surface area contributed by atoms with Crippen molar-refractivity contribution in [3.8, 4) is 0 Å². The predicted molar refractivity (Wildman–Crippen MR) is 90.7 cm³/mol. The van der Waals surface area contributed by atoms with E-state index < -0.39 is 9.84 Å². The number of rotatable bonds is 4. The number of hydrogen-bond donors (Lipinski definition) is 1. The summed E-state index contributed by atoms with van der Waals surface area (Å²) in [5, 5.41) is 3.39. The molecule has 106 valence electrons. The monoisotopic (exact) mass is 401 g/mol. The van der Waals surface area contributed by atoms with E-state index in [0.717, 1.165) is 11.3 Å². The molecule has 1 atom stereocenters. The largest absolute Gasteiger partial charge is 0.379 e. The van der Waals surface area contributed by atoms with Gasteiger partial charge in [-0.1, -0.05) is 12.1 Å². The van der Waals surface area contributed by atoms with E-state index in [-0.39, 0.29) is 6.04 Å². The fourth-order valence-electron chi connectivity index (χ4n) is 1.88. The van der Waals surface area contributed by atoms with Gasteiger partial charge in [-0.3, -0.25) is 0 Å². The molecule has 0 aromatic heterocycles. The van der Waals surface area contributed by atoms with Gasteiger partial charge in [0, 0.05) is 21.6 Å². The van der Waals surface area contributed by atoms with Crippen molar-refractivity contribution in [2.45, 2.75) is 17.9 Å². The van der Waals surface area contributed by atoms with Crippen molar-refractivity contribution in [2.75, 3.05) is 11.6 Å². The van der Waals surface area contributed by atoms with Gasteiger partial charge in [-0.25, -0.2) is 8.42 Å². The lowest BCUT2D eigenvalue weighted by molar-refractivity contribution is 0.602. The van der Waals surface area contributed by atoms with E-state index >= 15 is 0 Å². The first kappa shape index (κ1) is 15.3. The van der Waals surface area contributed by atoms with Crippen molar-refractivity contribution in [1.29, 1.82) is 0 Å². The van der Waals surface area contributed by atoms with Crippen LogP contribution in [-0.2, 0) is 9.84 Å². The van der Waals surface area contributed by atoms with Crippen LogP contribution in [0.2, 0.25) is 0 Å². The van der Waals surface area contributed by atoms with Gasteiger partial charge in [-0.05, 0) is 71.5 Å². The van der Waals surface area contributed by atoms with Crippen LogP contribution in [0.15, 0.2) is 53.4 Å². The highest BCUT2D eigenvalue weighted by molar-refractivity contribution is 14.1. The molecule has 0 aliphatic heterocycles. The average molecular weight is 401 g/mol. The molecule has 0 heterocycles. The topological polar surface area (TPSA) is 46.2 Å². The number of benzene rings is 2. The van der Waals surface area contributed by atoms with Gasteiger partial charge in [0.1, 0.15) is 0 Å². The van der Waals surface area contributed by atoms with E-state index in [0.29, 0.717) is 4.90 Å². The summed E-state index contributed by atoms with van der Waals surface area (Å²) in [5.41, 5.74) is 2.10. The average Bonchev–Trinajstić information content (AvgIpc) is 2.40. The van der Waals surface area contributed by atoms with Crippen LogP contribution in [0.5, 0.6) is 0 Å². The first-order valence-corrected chi connectivity index (χ1v) is 9.15. The van der Waals surface area contributed by atoms with Crippen LogP contribution in [0, 0.1) is 3.57 Å². The van der Waals surface area contributed by atoms with Gasteiger partial charge in [0.25, 0.3) is 0 Å². The van der Waals surface area contributed by atoms with E-state index in [1.165, 1.54) is 9.83 Å². The molecule has 2 aromatic rings. The summed E-state index contributed by atoms with van der Waals surface area (Å²) in [5.74, 6) is 0. The fraction of sp³-hybridized carbons (Fsp3) is 0.200. The van der Waals surface area contributed by atoms with Gasteiger partial charge in [-0.2, -0.15) is 0 Å². The smallest absolute Gasteiger partial charge is 0.175 e. The SMILES string of the molecule is CC(Nc1ccc(I)cc1)c1ccc(S(C)(=O)=O)cc1. The molecule has 0 radical (unpaired) electrons. The molecule has 1 unspecified atom stereocenters. The second-order valence-electron chi connectivity index (χ2n) is 4.71. The quantitative estimate of drug-likeness (QED) is 0.792. The molecule has 2 aromatic carbocycles. The summed E-state index contributed by atoms with van der Waals surface area (Å²) < 4.78 is 24.0. The summed E-state index contributed by atoms with van der Waals surface area (Å²) in [4.78, 5) is 0.350. The Bertz CT molecular complexity index is 679. The number of sulfone groups is 1. The van der Waals surface area contributed by atoms with Crippen LogP contribution in [0.25, 0.3) is 0 Å². The highest BCUT2D eigenvalue weighted by Gasteiger charge is 2.09. The molecule has 2 rings (SSSR count). The first-order valence-electron chi connectivity index (χ1n) is 6.18. The lowest BCUT2D eigenvalue weighted by Crippen LogP contribution is -2.07. The van der Waals surface area contributed by atoms with Gasteiger partial charge in [0.2, 0.25) is 0 Å². The van der Waals surface area contributed by atoms with Crippen molar-refractivity contribution in [3.63, 3.8) is 0 Å². The molecule has 0 aliphatic rings. The van der Waals surface area contributed by atoms with Crippen molar-refractivity contribution < 1.29 is 8.42 Å². The van der Waals surface area contributed by atoms with Gasteiger partial charge < -0.3 is 5.32 Å². The van der Waals surface area contributed by atoms with E-state index in [4.69, 9.17) is 0 Å². The Morgan fingerprint density at radius 1 is 1.00 bits per heavy atom. The summed E-state index contributed by atoms with van der Waals surface area (Å²) in [6.45, 7) is 2.05. The normalized spacial score (nSPS) is 12.9. The van der Waals surface area contributed by atoms with Gasteiger partial charge >= 0.3 is 0 Å². The zero-order chi connectivity index (χ0) is 14.8. The van der Waals surface area contributed by atoms with Crippen LogP contribution in [0.4, 0.5) is 5.69 Å². The lowest BCUT2D eigenvalue weighted by Gasteiger charge is -2.16. The van der Waals surface area contributed by atoms with Crippen molar-refractivity contribution in [3.05, 3.63) is 57.7 Å². The van der Waals surface area contributed by atoms with Crippen LogP contribution < -0.4 is 5.32 Å². The van der Waals surface area contributed by atoms with Gasteiger partial charge in [0.15, 0.2) is 9.84 Å². The van der Waals surface area contributed by atoms with Crippen molar-refractivity contribution in [2.24, 2.45) is 0 Å². The maximum absolute atomic E-state index is 11.4. The Labute approximate surface area is 133 Å². The second-order valence-corrected chi connectivity index (χ2v) is 7.98. The van der Waals surface area contributed by atoms with E-state index in [2.05, 4.69) is 27.9 Å². The molecule has 3 nitrogen and oxygen atoms in total. The standard InChI is InChI=1S/C15H16INO2S/c1-11(17-14-7-5-13(16)6-8-14)12-3-9-15(10-4-12)20(2,18)19/h3-11,17H,1-2H3. The Kier molecular flexibility index (Phi) is 4.70. The van der Waals surface area contributed by atoms with E-state index in [1.807, 2.05) is 43.3 Å². The van der Waals surface area contributed by atoms with Gasteiger partial charge in [0.05, 0.1) is 4.90 Å². The molecule has 5 heteroatoms. The number of hydrogen-bond acceptors (Lipinski definition) is 3. The third-order valence-electron chi connectivity index (χ3n) is 3.04. The predicted octanol–water partition coefficient (Wildman–Crippen LogP) is 3.87. The molecule has 0 aliphatic carbocycles. The molecule has 1 N–H and O–H groups in total. The summed E-state index contributed by atoms with van der Waals surface area (Å²) in [6.07, 6.45) is 1.22. The minimum atomic E-state index is -3.13. The van der Waals surface area contributed by atoms with Crippen LogP contribution in [0.1, 0.15) is 18.5 Å². The molecular formula is C15H16INO2S. The van der Waals surface area contributed by atoms with Crippen molar-refractivity contribution >= 4 is 38.1 Å². The maximum Gasteiger partial charge on any atom is 0.175 e. The minimum Gasteiger partial charge on any atom is -0.379 e. The zero-order valence-corrected chi connectivity index (χ0v) is 14.3. The van der Waals surface area contributed by atoms with Crippen LogP contribution in [0.3, 0.4) is 0 Å². The molecule has 20 heavy (non-hydrogen) atoms. The lowest BCUT2D eigenvalue weighted by atomic mass is 10.1. The highest BCUT2D eigenvalue weighted by Crippen LogP contribution is 2.21. The highest BCUT2D eigenvalue weighted by atomic mass is 127. The third-order valence-corrected chi connectivity index (χ3v) is 4.88. The molecule has 0 amide bonds. The first-order chi connectivity index (χ1) is 9.36. The molecule has 0 fully saturated rings. The molecule has 0 saturated carbocycles. The van der Waals surface area contributed by atoms with E-state index in [9.17, 15) is 8.42 Å². The Morgan fingerprint density at radius 2 is 1.55 bits per heavy atom. The number of halogens is 1. The zero-order valence-electron chi connectivity index (χ0n) is 11.3. The van der Waals surface area contributed by atoms with Crippen molar-refractivity contribution in [1.82, 2.24) is 0 Å². The maximum atomic E-state index is 11.4. The number of nitrogens with one attached hydrogen (secondary N) is 1. The summed E-state index contributed by atoms with van der Waals surface area (Å²) in [6, 6.07) is 15.3.